The molecule has 0 heterocycles. The molecule has 0 radical (unpaired) electrons. The van der Waals surface area contributed by atoms with Crippen LogP contribution in [0.1, 0.15) is 51.4 Å². The highest BCUT2D eigenvalue weighted by Crippen LogP contribution is 2.26. The van der Waals surface area contributed by atoms with Crippen LogP contribution in [0.2, 0.25) is 0 Å². The number of sulfone groups is 1. The van der Waals surface area contributed by atoms with Crippen molar-refractivity contribution in [2.24, 2.45) is 5.92 Å². The zero-order chi connectivity index (χ0) is 13.9. The molecule has 0 aliphatic heterocycles. The van der Waals surface area contributed by atoms with Gasteiger partial charge in [0.25, 0.3) is 0 Å². The molecular weight excluding hydrogens is 262 g/mol. The van der Waals surface area contributed by atoms with Crippen LogP contribution in [0.15, 0.2) is 0 Å². The van der Waals surface area contributed by atoms with Gasteiger partial charge >= 0.3 is 0 Å². The quantitative estimate of drug-likeness (QED) is 0.823. The molecular formula is C14H27NO3S. The zero-order valence-corrected chi connectivity index (χ0v) is 12.7. The average molecular weight is 289 g/mol. The smallest absolute Gasteiger partial charge is 0.150 e. The Bertz CT molecular complexity index is 382. The first kappa shape index (κ1) is 15.3. The van der Waals surface area contributed by atoms with E-state index in [1.54, 1.807) is 0 Å². The van der Waals surface area contributed by atoms with E-state index in [2.05, 4.69) is 5.32 Å². The summed E-state index contributed by atoms with van der Waals surface area (Å²) in [6.45, 7) is 0.929. The van der Waals surface area contributed by atoms with Crippen LogP contribution in [0.4, 0.5) is 0 Å². The van der Waals surface area contributed by atoms with Crippen molar-refractivity contribution in [1.82, 2.24) is 5.32 Å². The van der Waals surface area contributed by atoms with E-state index in [1.807, 2.05) is 0 Å². The first-order chi connectivity index (χ1) is 8.95. The molecule has 2 aliphatic carbocycles. The van der Waals surface area contributed by atoms with Crippen molar-refractivity contribution < 1.29 is 13.5 Å². The maximum Gasteiger partial charge on any atom is 0.150 e. The molecule has 4 atom stereocenters. The van der Waals surface area contributed by atoms with Gasteiger partial charge in [-0.05, 0) is 51.0 Å². The van der Waals surface area contributed by atoms with Crippen LogP contribution in [-0.2, 0) is 9.84 Å². The van der Waals surface area contributed by atoms with Gasteiger partial charge in [-0.2, -0.15) is 0 Å². The second-order valence-electron chi connectivity index (χ2n) is 6.41. The van der Waals surface area contributed by atoms with Crippen LogP contribution >= 0.6 is 0 Å². The highest BCUT2D eigenvalue weighted by atomic mass is 32.2. The van der Waals surface area contributed by atoms with E-state index < -0.39 is 9.84 Å². The molecule has 112 valence electrons. The fraction of sp³-hybridized carbons (Fsp3) is 1.00. The molecule has 2 aliphatic rings. The molecule has 0 spiro atoms. The molecule has 2 fully saturated rings. The van der Waals surface area contributed by atoms with E-state index in [9.17, 15) is 13.5 Å². The predicted molar refractivity (Wildman–Crippen MR) is 76.9 cm³/mol. The highest BCUT2D eigenvalue weighted by Gasteiger charge is 2.29. The Kier molecular flexibility index (Phi) is 5.26. The lowest BCUT2D eigenvalue weighted by atomic mass is 9.86. The number of aliphatic hydroxyl groups is 1. The number of hydrogen-bond donors (Lipinski definition) is 2. The van der Waals surface area contributed by atoms with Crippen LogP contribution in [0.25, 0.3) is 0 Å². The maximum absolute atomic E-state index is 11.6. The van der Waals surface area contributed by atoms with Crippen LogP contribution in [-0.4, -0.2) is 43.7 Å². The SMILES string of the molecule is CS(=O)(=O)C1CCCC(NCC2CCCC(O)C2)C1. The fourth-order valence-corrected chi connectivity index (χ4v) is 4.68. The van der Waals surface area contributed by atoms with Crippen molar-refractivity contribution in [2.75, 3.05) is 12.8 Å². The number of rotatable bonds is 4. The molecule has 4 nitrogen and oxygen atoms in total. The van der Waals surface area contributed by atoms with Crippen LogP contribution in [0.5, 0.6) is 0 Å². The van der Waals surface area contributed by atoms with E-state index >= 15 is 0 Å². The minimum atomic E-state index is -2.89. The number of hydrogen-bond acceptors (Lipinski definition) is 4. The van der Waals surface area contributed by atoms with Gasteiger partial charge in [0.1, 0.15) is 9.84 Å². The molecule has 2 N–H and O–H groups in total. The summed E-state index contributed by atoms with van der Waals surface area (Å²) in [5.41, 5.74) is 0. The largest absolute Gasteiger partial charge is 0.393 e. The van der Waals surface area contributed by atoms with Gasteiger partial charge in [0.15, 0.2) is 0 Å². The number of nitrogens with one attached hydrogen (secondary N) is 1. The number of aliphatic hydroxyl groups excluding tert-OH is 1. The van der Waals surface area contributed by atoms with Crippen LogP contribution in [0.3, 0.4) is 0 Å². The minimum Gasteiger partial charge on any atom is -0.393 e. The first-order valence-electron chi connectivity index (χ1n) is 7.55. The van der Waals surface area contributed by atoms with E-state index in [-0.39, 0.29) is 11.4 Å². The summed E-state index contributed by atoms with van der Waals surface area (Å²) in [5.74, 6) is 0.558. The van der Waals surface area contributed by atoms with Crippen molar-refractivity contribution >= 4 is 9.84 Å². The topological polar surface area (TPSA) is 66.4 Å². The van der Waals surface area contributed by atoms with Gasteiger partial charge in [0.2, 0.25) is 0 Å². The summed E-state index contributed by atoms with van der Waals surface area (Å²) in [4.78, 5) is 0. The lowest BCUT2D eigenvalue weighted by molar-refractivity contribution is 0.0990. The molecule has 4 unspecified atom stereocenters. The van der Waals surface area contributed by atoms with Gasteiger partial charge in [-0.15, -0.1) is 0 Å². The van der Waals surface area contributed by atoms with E-state index in [1.165, 1.54) is 12.7 Å². The maximum atomic E-state index is 11.6. The van der Waals surface area contributed by atoms with E-state index in [4.69, 9.17) is 0 Å². The van der Waals surface area contributed by atoms with Crippen LogP contribution in [0, 0.1) is 5.92 Å². The van der Waals surface area contributed by atoms with Gasteiger partial charge in [-0.1, -0.05) is 12.8 Å². The lowest BCUT2D eigenvalue weighted by Crippen LogP contribution is -2.41. The Morgan fingerprint density at radius 3 is 2.53 bits per heavy atom. The first-order valence-corrected chi connectivity index (χ1v) is 9.51. The molecule has 5 heteroatoms. The molecule has 2 rings (SSSR count). The van der Waals surface area contributed by atoms with Crippen molar-refractivity contribution in [3.8, 4) is 0 Å². The van der Waals surface area contributed by atoms with Crippen molar-refractivity contribution in [3.63, 3.8) is 0 Å². The Labute approximate surface area is 116 Å². The molecule has 0 saturated heterocycles. The minimum absolute atomic E-state index is 0.129. The summed E-state index contributed by atoms with van der Waals surface area (Å²) in [5, 5.41) is 13.0. The van der Waals surface area contributed by atoms with Gasteiger partial charge in [0, 0.05) is 12.3 Å². The second kappa shape index (κ2) is 6.55. The fourth-order valence-electron chi connectivity index (χ4n) is 3.50. The molecule has 2 saturated carbocycles. The van der Waals surface area contributed by atoms with E-state index in [0.29, 0.717) is 12.0 Å². The zero-order valence-electron chi connectivity index (χ0n) is 11.8. The molecule has 19 heavy (non-hydrogen) atoms. The highest BCUT2D eigenvalue weighted by molar-refractivity contribution is 7.91. The summed E-state index contributed by atoms with van der Waals surface area (Å²) >= 11 is 0. The van der Waals surface area contributed by atoms with Crippen molar-refractivity contribution in [1.29, 1.82) is 0 Å². The Morgan fingerprint density at radius 2 is 1.84 bits per heavy atom. The van der Waals surface area contributed by atoms with Gasteiger partial charge < -0.3 is 10.4 Å². The molecule has 0 bridgehead atoms. The van der Waals surface area contributed by atoms with E-state index in [0.717, 1.165) is 51.5 Å². The van der Waals surface area contributed by atoms with Gasteiger partial charge in [-0.3, -0.25) is 0 Å². The molecule has 0 amide bonds. The molecule has 0 aromatic heterocycles. The third-order valence-electron chi connectivity index (χ3n) is 4.68. The monoisotopic (exact) mass is 289 g/mol. The van der Waals surface area contributed by atoms with Gasteiger partial charge in [-0.25, -0.2) is 8.42 Å². The summed E-state index contributed by atoms with van der Waals surface area (Å²) < 4.78 is 23.2. The predicted octanol–water partition coefficient (Wildman–Crippen LogP) is 1.48. The van der Waals surface area contributed by atoms with Crippen molar-refractivity contribution in [2.45, 2.75) is 68.8 Å². The molecule has 0 aromatic carbocycles. The Balaban J connectivity index is 1.76. The second-order valence-corrected chi connectivity index (χ2v) is 8.74. The Morgan fingerprint density at radius 1 is 1.11 bits per heavy atom. The standard InChI is InChI=1S/C14H27NO3S/c1-19(17,18)14-7-3-5-12(9-14)15-10-11-4-2-6-13(16)8-11/h11-16H,2-10H2,1H3. The normalized spacial score (nSPS) is 37.2. The summed E-state index contributed by atoms with van der Waals surface area (Å²) in [6.07, 6.45) is 9.03. The third kappa shape index (κ3) is 4.72. The summed E-state index contributed by atoms with van der Waals surface area (Å²) in [7, 11) is -2.89. The lowest BCUT2D eigenvalue weighted by Gasteiger charge is -2.32. The average Bonchev–Trinajstić information content (AvgIpc) is 2.36. The third-order valence-corrected chi connectivity index (χ3v) is 6.32. The van der Waals surface area contributed by atoms with Crippen molar-refractivity contribution in [3.05, 3.63) is 0 Å². The van der Waals surface area contributed by atoms with Crippen LogP contribution < -0.4 is 5.32 Å². The van der Waals surface area contributed by atoms with Gasteiger partial charge in [0.05, 0.1) is 11.4 Å². The Hall–Kier alpha value is -0.130. The summed E-state index contributed by atoms with van der Waals surface area (Å²) in [6, 6.07) is 0.340. The molecule has 0 aromatic rings.